The first kappa shape index (κ1) is 21.5. The van der Waals surface area contributed by atoms with Gasteiger partial charge in [0.2, 0.25) is 11.8 Å². The van der Waals surface area contributed by atoms with Crippen LogP contribution in [0.2, 0.25) is 0 Å². The second-order valence-electron chi connectivity index (χ2n) is 7.40. The van der Waals surface area contributed by atoms with Gasteiger partial charge in [0.05, 0.1) is 16.7 Å². The minimum absolute atomic E-state index is 0.0136. The molecule has 164 valence electrons. The molecule has 0 bridgehead atoms. The normalized spacial score (nSPS) is 10.9. The van der Waals surface area contributed by atoms with E-state index >= 15 is 0 Å². The third-order valence-corrected chi connectivity index (χ3v) is 5.76. The van der Waals surface area contributed by atoms with Crippen LogP contribution in [0.3, 0.4) is 0 Å². The summed E-state index contributed by atoms with van der Waals surface area (Å²) in [5, 5.41) is 7.94. The van der Waals surface area contributed by atoms with Gasteiger partial charge in [0.1, 0.15) is 6.54 Å². The van der Waals surface area contributed by atoms with E-state index in [0.29, 0.717) is 22.7 Å². The molecule has 0 saturated heterocycles. The molecule has 2 aromatic heterocycles. The van der Waals surface area contributed by atoms with Crippen LogP contribution < -0.4 is 16.3 Å². The second kappa shape index (κ2) is 9.61. The monoisotopic (exact) mass is 449 g/mol. The number of carbonyl (C=O) groups excluding carboxylic acids is 2. The van der Waals surface area contributed by atoms with E-state index in [9.17, 15) is 14.4 Å². The summed E-state index contributed by atoms with van der Waals surface area (Å²) in [7, 11) is 0. The van der Waals surface area contributed by atoms with Gasteiger partial charge in [0.25, 0.3) is 0 Å². The Morgan fingerprint density at radius 3 is 2.69 bits per heavy atom. The van der Waals surface area contributed by atoms with Crippen LogP contribution in [-0.4, -0.2) is 32.9 Å². The van der Waals surface area contributed by atoms with Crippen molar-refractivity contribution < 1.29 is 9.59 Å². The lowest BCUT2D eigenvalue weighted by Crippen LogP contribution is -2.25. The number of aromatic nitrogens is 3. The second-order valence-corrected chi connectivity index (χ2v) is 8.26. The van der Waals surface area contributed by atoms with Crippen LogP contribution in [0.15, 0.2) is 58.7 Å². The molecule has 0 atom stereocenters. The van der Waals surface area contributed by atoms with E-state index in [1.54, 1.807) is 12.1 Å². The van der Waals surface area contributed by atoms with Gasteiger partial charge < -0.3 is 15.6 Å². The van der Waals surface area contributed by atoms with Crippen molar-refractivity contribution in [2.24, 2.45) is 0 Å². The Labute approximate surface area is 188 Å². The first-order chi connectivity index (χ1) is 15.5. The average molecular weight is 450 g/mol. The van der Waals surface area contributed by atoms with Crippen molar-refractivity contribution in [2.45, 2.75) is 26.3 Å². The summed E-state index contributed by atoms with van der Waals surface area (Å²) in [5.41, 5.74) is 3.98. The average Bonchev–Trinajstić information content (AvgIpc) is 3.36. The fourth-order valence-corrected chi connectivity index (χ4v) is 4.16. The highest BCUT2D eigenvalue weighted by Crippen LogP contribution is 2.25. The maximum Gasteiger partial charge on any atom is 0.326 e. The van der Waals surface area contributed by atoms with Gasteiger partial charge in [-0.3, -0.25) is 14.2 Å². The van der Waals surface area contributed by atoms with Crippen LogP contribution in [0.4, 0.5) is 5.13 Å². The van der Waals surface area contributed by atoms with Gasteiger partial charge >= 0.3 is 5.69 Å². The first-order valence-corrected chi connectivity index (χ1v) is 11.1. The number of hydrogen-bond donors (Lipinski definition) is 3. The number of nitrogens with zero attached hydrogens (tertiary/aromatic N) is 2. The molecule has 0 radical (unpaired) electrons. The highest BCUT2D eigenvalue weighted by atomic mass is 32.1. The molecule has 0 saturated carbocycles. The third-order valence-electron chi connectivity index (χ3n) is 5.00. The zero-order valence-corrected chi connectivity index (χ0v) is 18.4. The van der Waals surface area contributed by atoms with Crippen LogP contribution >= 0.6 is 11.3 Å². The predicted molar refractivity (Wildman–Crippen MR) is 126 cm³/mol. The van der Waals surface area contributed by atoms with E-state index in [4.69, 9.17) is 0 Å². The van der Waals surface area contributed by atoms with Crippen molar-refractivity contribution in [2.75, 3.05) is 11.9 Å². The van der Waals surface area contributed by atoms with Gasteiger partial charge in [-0.1, -0.05) is 36.4 Å². The largest absolute Gasteiger partial charge is 0.356 e. The van der Waals surface area contributed by atoms with Gasteiger partial charge in [-0.2, -0.15) is 0 Å². The van der Waals surface area contributed by atoms with Gasteiger partial charge in [0.15, 0.2) is 5.13 Å². The van der Waals surface area contributed by atoms with Gasteiger partial charge in [-0.05, 0) is 30.5 Å². The molecular weight excluding hydrogens is 426 g/mol. The zero-order chi connectivity index (χ0) is 22.5. The Morgan fingerprint density at radius 2 is 1.91 bits per heavy atom. The van der Waals surface area contributed by atoms with E-state index in [1.807, 2.05) is 41.8 Å². The summed E-state index contributed by atoms with van der Waals surface area (Å²) in [4.78, 5) is 42.8. The minimum atomic E-state index is -0.321. The molecule has 2 aromatic carbocycles. The number of fused-ring (bicyclic) bond motifs is 1. The lowest BCUT2D eigenvalue weighted by Gasteiger charge is -2.04. The summed E-state index contributed by atoms with van der Waals surface area (Å²) in [6.45, 7) is 2.09. The molecule has 0 aliphatic heterocycles. The number of rotatable bonds is 8. The molecule has 4 aromatic rings. The Kier molecular flexibility index (Phi) is 6.46. The number of thiazole rings is 1. The van der Waals surface area contributed by atoms with E-state index in [1.165, 1.54) is 28.4 Å². The zero-order valence-electron chi connectivity index (χ0n) is 17.6. The smallest absolute Gasteiger partial charge is 0.326 e. The van der Waals surface area contributed by atoms with Crippen molar-refractivity contribution in [1.82, 2.24) is 19.9 Å². The number of aromatic amines is 1. The number of imidazole rings is 1. The molecule has 4 rings (SSSR count). The van der Waals surface area contributed by atoms with Crippen molar-refractivity contribution in [3.8, 4) is 11.3 Å². The fourth-order valence-electron chi connectivity index (χ4n) is 3.43. The van der Waals surface area contributed by atoms with Crippen molar-refractivity contribution >= 4 is 39.3 Å². The molecule has 0 aliphatic carbocycles. The number of hydrogen-bond acceptors (Lipinski definition) is 5. The first-order valence-electron chi connectivity index (χ1n) is 10.3. The maximum absolute atomic E-state index is 12.5. The highest BCUT2D eigenvalue weighted by molar-refractivity contribution is 7.14. The number of nitrogens with one attached hydrogen (secondary N) is 3. The van der Waals surface area contributed by atoms with Crippen LogP contribution in [0, 0.1) is 0 Å². The van der Waals surface area contributed by atoms with Gasteiger partial charge in [-0.15, -0.1) is 11.3 Å². The number of para-hydroxylation sites is 2. The lowest BCUT2D eigenvalue weighted by molar-refractivity contribution is -0.119. The van der Waals surface area contributed by atoms with Crippen LogP contribution in [-0.2, 0) is 22.6 Å². The van der Waals surface area contributed by atoms with Crippen LogP contribution in [0.1, 0.15) is 18.9 Å². The van der Waals surface area contributed by atoms with Crippen molar-refractivity contribution in [1.29, 1.82) is 0 Å². The molecule has 0 unspecified atom stereocenters. The highest BCUT2D eigenvalue weighted by Gasteiger charge is 2.12. The van der Waals surface area contributed by atoms with Crippen molar-refractivity contribution in [3.05, 3.63) is 70.0 Å². The lowest BCUT2D eigenvalue weighted by atomic mass is 10.1. The fraction of sp³-hybridized carbons (Fsp3) is 0.217. The predicted octanol–water partition coefficient (Wildman–Crippen LogP) is 3.16. The Hall–Kier alpha value is -3.72. The molecule has 2 heterocycles. The quantitative estimate of drug-likeness (QED) is 0.359. The van der Waals surface area contributed by atoms with Crippen LogP contribution in [0.5, 0.6) is 0 Å². The Balaban J connectivity index is 1.36. The minimum Gasteiger partial charge on any atom is -0.356 e. The van der Waals surface area contributed by atoms with Gasteiger partial charge in [0, 0.05) is 24.4 Å². The van der Waals surface area contributed by atoms with Gasteiger partial charge in [-0.25, -0.2) is 9.78 Å². The molecule has 0 fully saturated rings. The molecule has 0 aliphatic rings. The number of carbonyl (C=O) groups is 2. The summed E-state index contributed by atoms with van der Waals surface area (Å²) in [5.74, 6) is -0.326. The van der Waals surface area contributed by atoms with E-state index in [0.717, 1.165) is 24.1 Å². The molecule has 32 heavy (non-hydrogen) atoms. The standard InChI is InChI=1S/C23H23N5O3S/c1-15(29)24-12-4-5-16-8-10-17(11-9-16)19-14-32-22(25-19)27-21(30)13-28-20-7-3-2-6-18(20)26-23(28)31/h2-3,6-11,14H,4-5,12-13H2,1H3,(H,24,29)(H,26,31)(H,25,27,30). The van der Waals surface area contributed by atoms with E-state index < -0.39 is 0 Å². The van der Waals surface area contributed by atoms with E-state index in [-0.39, 0.29) is 24.0 Å². The summed E-state index contributed by atoms with van der Waals surface area (Å²) in [6, 6.07) is 15.3. The summed E-state index contributed by atoms with van der Waals surface area (Å²) < 4.78 is 1.41. The molecule has 2 amide bonds. The van der Waals surface area contributed by atoms with E-state index in [2.05, 4.69) is 20.6 Å². The number of benzene rings is 2. The van der Waals surface area contributed by atoms with Crippen molar-refractivity contribution in [3.63, 3.8) is 0 Å². The molecule has 9 heteroatoms. The Morgan fingerprint density at radius 1 is 1.12 bits per heavy atom. The summed E-state index contributed by atoms with van der Waals surface area (Å²) >= 11 is 1.34. The molecule has 8 nitrogen and oxygen atoms in total. The topological polar surface area (TPSA) is 109 Å². The summed E-state index contributed by atoms with van der Waals surface area (Å²) in [6.07, 6.45) is 1.76. The Bertz CT molecular complexity index is 1300. The maximum atomic E-state index is 12.5. The molecule has 3 N–H and O–H groups in total. The third kappa shape index (κ3) is 5.12. The van der Waals surface area contributed by atoms with Crippen LogP contribution in [0.25, 0.3) is 22.3 Å². The molecule has 0 spiro atoms. The number of anilines is 1. The number of amides is 2. The number of H-pyrrole nitrogens is 1. The number of aryl methyl sites for hydroxylation is 1. The SMILES string of the molecule is CC(=O)NCCCc1ccc(-c2csc(NC(=O)Cn3c(=O)[nH]c4ccccc43)n2)cc1. The molecular formula is C23H23N5O3S.